The molecule has 3 nitrogen and oxygen atoms in total. The van der Waals surface area contributed by atoms with Crippen LogP contribution in [0.15, 0.2) is 42.5 Å². The van der Waals surface area contributed by atoms with E-state index in [2.05, 4.69) is 64.1 Å². The molecule has 1 aliphatic carbocycles. The Labute approximate surface area is 185 Å². The summed E-state index contributed by atoms with van der Waals surface area (Å²) in [6.45, 7) is 11.4. The lowest BCUT2D eigenvalue weighted by Crippen LogP contribution is -2.33. The molecular weight excluding hydrogens is 384 g/mol. The van der Waals surface area contributed by atoms with Crippen molar-refractivity contribution in [3.63, 3.8) is 0 Å². The highest BCUT2D eigenvalue weighted by Gasteiger charge is 2.37. The molecule has 0 aromatic heterocycles. The summed E-state index contributed by atoms with van der Waals surface area (Å²) in [5, 5.41) is 2.00. The smallest absolute Gasteiger partial charge is 0.338 e. The van der Waals surface area contributed by atoms with E-state index in [0.717, 1.165) is 21.9 Å². The molecule has 0 radical (unpaired) electrons. The van der Waals surface area contributed by atoms with E-state index in [0.29, 0.717) is 11.3 Å². The second kappa shape index (κ2) is 7.40. The van der Waals surface area contributed by atoms with Crippen LogP contribution in [0.3, 0.4) is 0 Å². The summed E-state index contributed by atoms with van der Waals surface area (Å²) in [6.07, 6.45) is 2.40. The Morgan fingerprint density at radius 3 is 2.06 bits per heavy atom. The lowest BCUT2D eigenvalue weighted by molar-refractivity contribution is 0.0599. The molecule has 0 atom stereocenters. The summed E-state index contributed by atoms with van der Waals surface area (Å²) >= 11 is 0. The molecule has 31 heavy (non-hydrogen) atoms. The first-order chi connectivity index (χ1) is 14.6. The van der Waals surface area contributed by atoms with Crippen LogP contribution in [0.4, 0.5) is 0 Å². The highest BCUT2D eigenvalue weighted by atomic mass is 16.5. The predicted octanol–water partition coefficient (Wildman–Crippen LogP) is 6.96. The van der Waals surface area contributed by atoms with Crippen molar-refractivity contribution in [2.75, 3.05) is 14.2 Å². The van der Waals surface area contributed by atoms with E-state index in [1.54, 1.807) is 13.2 Å². The number of carbonyl (C=O) groups is 1. The van der Waals surface area contributed by atoms with Gasteiger partial charge in [-0.25, -0.2) is 4.79 Å². The molecular formula is C28H32O3. The Morgan fingerprint density at radius 2 is 1.42 bits per heavy atom. The molecule has 0 saturated heterocycles. The van der Waals surface area contributed by atoms with Crippen molar-refractivity contribution < 1.29 is 14.3 Å². The van der Waals surface area contributed by atoms with Gasteiger partial charge in [0, 0.05) is 5.39 Å². The number of ether oxygens (including phenoxy) is 2. The molecule has 3 aromatic carbocycles. The van der Waals surface area contributed by atoms with Crippen LogP contribution >= 0.6 is 0 Å². The zero-order chi connectivity index (χ0) is 22.6. The van der Waals surface area contributed by atoms with Crippen LogP contribution in [0, 0.1) is 6.92 Å². The third kappa shape index (κ3) is 3.50. The van der Waals surface area contributed by atoms with Crippen LogP contribution in [0.1, 0.15) is 67.6 Å². The molecule has 1 aliphatic rings. The van der Waals surface area contributed by atoms with Gasteiger partial charge in [-0.15, -0.1) is 0 Å². The SMILES string of the molecule is COC(=O)c1cc(OC)c2cc(-c3ccc4c(c3)C(C)(C)CCC4(C)C)ccc2c1C. The molecule has 0 heterocycles. The summed E-state index contributed by atoms with van der Waals surface area (Å²) in [4.78, 5) is 12.2. The second-order valence-electron chi connectivity index (χ2n) is 10.0. The van der Waals surface area contributed by atoms with Gasteiger partial charge >= 0.3 is 5.97 Å². The number of hydrogen-bond donors (Lipinski definition) is 0. The highest BCUT2D eigenvalue weighted by Crippen LogP contribution is 2.47. The maximum atomic E-state index is 12.2. The third-order valence-corrected chi connectivity index (χ3v) is 7.18. The standard InChI is InChI=1S/C28H32O3/c1-17-20-10-8-18(14-22(20)25(30-6)16-21(17)26(29)31-7)19-9-11-23-24(15-19)28(4,5)13-12-27(23,2)3/h8-11,14-16H,12-13H2,1-7H3. The molecule has 0 unspecified atom stereocenters. The first kappa shape index (κ1) is 21.4. The van der Waals surface area contributed by atoms with E-state index < -0.39 is 0 Å². The number of hydrogen-bond acceptors (Lipinski definition) is 3. The minimum atomic E-state index is -0.346. The largest absolute Gasteiger partial charge is 0.496 e. The van der Waals surface area contributed by atoms with Crippen molar-refractivity contribution in [3.8, 4) is 16.9 Å². The van der Waals surface area contributed by atoms with Crippen LogP contribution in [-0.4, -0.2) is 20.2 Å². The van der Waals surface area contributed by atoms with Crippen molar-refractivity contribution in [3.05, 3.63) is 64.7 Å². The number of aryl methyl sites for hydroxylation is 1. The quantitative estimate of drug-likeness (QED) is 0.433. The van der Waals surface area contributed by atoms with Crippen molar-refractivity contribution in [2.45, 2.75) is 58.3 Å². The fourth-order valence-electron chi connectivity index (χ4n) is 4.98. The van der Waals surface area contributed by atoms with Crippen LogP contribution in [0.5, 0.6) is 5.75 Å². The molecule has 0 fully saturated rings. The van der Waals surface area contributed by atoms with Crippen molar-refractivity contribution in [1.29, 1.82) is 0 Å². The van der Waals surface area contributed by atoms with Gasteiger partial charge in [0.25, 0.3) is 0 Å². The maximum absolute atomic E-state index is 12.2. The molecule has 0 spiro atoms. The Balaban J connectivity index is 1.89. The highest BCUT2D eigenvalue weighted by molar-refractivity contribution is 6.02. The number of methoxy groups -OCH3 is 2. The van der Waals surface area contributed by atoms with Gasteiger partial charge in [0.05, 0.1) is 19.8 Å². The van der Waals surface area contributed by atoms with Gasteiger partial charge in [0.2, 0.25) is 0 Å². The molecule has 0 bridgehead atoms. The van der Waals surface area contributed by atoms with Gasteiger partial charge in [-0.05, 0) is 75.9 Å². The van der Waals surface area contributed by atoms with Crippen molar-refractivity contribution in [2.24, 2.45) is 0 Å². The number of rotatable bonds is 3. The van der Waals surface area contributed by atoms with E-state index in [4.69, 9.17) is 9.47 Å². The van der Waals surface area contributed by atoms with Gasteiger partial charge in [-0.2, -0.15) is 0 Å². The summed E-state index contributed by atoms with van der Waals surface area (Å²) in [7, 11) is 3.04. The lowest BCUT2D eigenvalue weighted by atomic mass is 9.63. The molecule has 0 aliphatic heterocycles. The lowest BCUT2D eigenvalue weighted by Gasteiger charge is -2.42. The van der Waals surface area contributed by atoms with Crippen molar-refractivity contribution in [1.82, 2.24) is 0 Å². The van der Waals surface area contributed by atoms with Gasteiger partial charge in [0.15, 0.2) is 0 Å². The summed E-state index contributed by atoms with van der Waals surface area (Å²) in [6, 6.07) is 15.1. The van der Waals surface area contributed by atoms with Gasteiger partial charge in [-0.3, -0.25) is 0 Å². The van der Waals surface area contributed by atoms with Crippen LogP contribution in [0.25, 0.3) is 21.9 Å². The molecule has 3 aromatic rings. The van der Waals surface area contributed by atoms with Crippen LogP contribution < -0.4 is 4.74 Å². The minimum Gasteiger partial charge on any atom is -0.496 e. The zero-order valence-corrected chi connectivity index (χ0v) is 19.7. The molecule has 0 saturated carbocycles. The Kier molecular flexibility index (Phi) is 5.12. The monoisotopic (exact) mass is 416 g/mol. The summed E-state index contributed by atoms with van der Waals surface area (Å²) in [5.41, 5.74) is 7.09. The van der Waals surface area contributed by atoms with Gasteiger partial charge in [-0.1, -0.05) is 58.0 Å². The Bertz CT molecular complexity index is 1180. The first-order valence-electron chi connectivity index (χ1n) is 10.9. The predicted molar refractivity (Wildman–Crippen MR) is 127 cm³/mol. The molecule has 162 valence electrons. The zero-order valence-electron chi connectivity index (χ0n) is 19.7. The Morgan fingerprint density at radius 1 is 0.806 bits per heavy atom. The number of fused-ring (bicyclic) bond motifs is 2. The molecule has 0 amide bonds. The molecule has 0 N–H and O–H groups in total. The first-order valence-corrected chi connectivity index (χ1v) is 10.9. The number of carbonyl (C=O) groups excluding carboxylic acids is 1. The van der Waals surface area contributed by atoms with Crippen molar-refractivity contribution >= 4 is 16.7 Å². The van der Waals surface area contributed by atoms with E-state index in [9.17, 15) is 4.79 Å². The number of esters is 1. The van der Waals surface area contributed by atoms with Crippen LogP contribution in [-0.2, 0) is 15.6 Å². The molecule has 3 heteroatoms. The minimum absolute atomic E-state index is 0.168. The maximum Gasteiger partial charge on any atom is 0.338 e. The number of benzene rings is 3. The fraction of sp³-hybridized carbons (Fsp3) is 0.393. The van der Waals surface area contributed by atoms with Gasteiger partial charge < -0.3 is 9.47 Å². The summed E-state index contributed by atoms with van der Waals surface area (Å²) < 4.78 is 10.6. The van der Waals surface area contributed by atoms with E-state index in [1.165, 1.54) is 36.6 Å². The molecule has 4 rings (SSSR count). The topological polar surface area (TPSA) is 35.5 Å². The van der Waals surface area contributed by atoms with E-state index in [1.807, 2.05) is 6.92 Å². The van der Waals surface area contributed by atoms with E-state index >= 15 is 0 Å². The normalized spacial score (nSPS) is 16.6. The summed E-state index contributed by atoms with van der Waals surface area (Å²) in [5.74, 6) is 0.337. The van der Waals surface area contributed by atoms with E-state index in [-0.39, 0.29) is 16.8 Å². The third-order valence-electron chi connectivity index (χ3n) is 7.18. The van der Waals surface area contributed by atoms with Gasteiger partial charge in [0.1, 0.15) is 5.75 Å². The second-order valence-corrected chi connectivity index (χ2v) is 10.0. The van der Waals surface area contributed by atoms with Crippen LogP contribution in [0.2, 0.25) is 0 Å². The average molecular weight is 417 g/mol. The Hall–Kier alpha value is -2.81. The average Bonchev–Trinajstić information content (AvgIpc) is 2.76. The fourth-order valence-corrected chi connectivity index (χ4v) is 4.98.